The monoisotopic (exact) mass is 567 g/mol. The molecule has 0 unspecified atom stereocenters. The molecular formula is C22H23F6N5O6. The second kappa shape index (κ2) is 13.3. The summed E-state index contributed by atoms with van der Waals surface area (Å²) in [5.41, 5.74) is 1.75. The molecule has 2 aromatic rings. The molecule has 4 heterocycles. The Kier molecular flexibility index (Phi) is 10.7. The third kappa shape index (κ3) is 10.1. The minimum atomic E-state index is -5.08. The molecule has 2 fully saturated rings. The van der Waals surface area contributed by atoms with Gasteiger partial charge < -0.3 is 19.8 Å². The van der Waals surface area contributed by atoms with E-state index in [1.807, 2.05) is 12.4 Å². The Labute approximate surface area is 217 Å². The average Bonchev–Trinajstić information content (AvgIpc) is 2.88. The van der Waals surface area contributed by atoms with E-state index < -0.39 is 24.3 Å². The van der Waals surface area contributed by atoms with Crippen molar-refractivity contribution in [3.8, 4) is 0 Å². The van der Waals surface area contributed by atoms with Crippen LogP contribution in [-0.2, 0) is 25.7 Å². The van der Waals surface area contributed by atoms with Crippen LogP contribution in [0.2, 0.25) is 0 Å². The number of pyridine rings is 1. The first kappa shape index (κ1) is 31.4. The average molecular weight is 567 g/mol. The number of ether oxygens (including phenoxy) is 1. The van der Waals surface area contributed by atoms with Gasteiger partial charge in [-0.25, -0.2) is 19.6 Å². The molecule has 2 aliphatic rings. The van der Waals surface area contributed by atoms with Crippen molar-refractivity contribution >= 4 is 23.5 Å². The normalized spacial score (nSPS) is 17.4. The van der Waals surface area contributed by atoms with Crippen molar-refractivity contribution in [2.24, 2.45) is 0 Å². The number of hydrogen-bond donors (Lipinski definition) is 2. The van der Waals surface area contributed by atoms with Gasteiger partial charge in [-0.3, -0.25) is 14.7 Å². The van der Waals surface area contributed by atoms with Crippen molar-refractivity contribution in [2.45, 2.75) is 37.3 Å². The van der Waals surface area contributed by atoms with Crippen LogP contribution < -0.4 is 4.90 Å². The van der Waals surface area contributed by atoms with E-state index in [9.17, 15) is 31.1 Å². The summed E-state index contributed by atoms with van der Waals surface area (Å²) in [5.74, 6) is -5.54. The van der Waals surface area contributed by atoms with Crippen LogP contribution in [0.1, 0.15) is 18.4 Å². The van der Waals surface area contributed by atoms with E-state index in [0.29, 0.717) is 6.54 Å². The maximum Gasteiger partial charge on any atom is 0.490 e. The SMILES string of the molecule is O=C(O)C(F)(F)F.O=C(O)C(F)(F)F.O=C1COC2(CCN(Cc3ccncc3)CC2)CN1c1cncnc1. The highest BCUT2D eigenvalue weighted by Gasteiger charge is 2.43. The minimum absolute atomic E-state index is 0.0281. The number of carboxylic acids is 2. The Hall–Kier alpha value is -3.86. The van der Waals surface area contributed by atoms with Crippen molar-refractivity contribution in [3.05, 3.63) is 48.8 Å². The fraction of sp³-hybridized carbons (Fsp3) is 0.455. The number of alkyl halides is 6. The minimum Gasteiger partial charge on any atom is -0.475 e. The summed E-state index contributed by atoms with van der Waals surface area (Å²) in [6.07, 6.45) is 0.157. The molecule has 2 N–H and O–H groups in total. The summed E-state index contributed by atoms with van der Waals surface area (Å²) in [7, 11) is 0. The zero-order valence-electron chi connectivity index (χ0n) is 20.0. The Morgan fingerprint density at radius 3 is 1.87 bits per heavy atom. The van der Waals surface area contributed by atoms with Gasteiger partial charge in [0.2, 0.25) is 0 Å². The molecule has 0 radical (unpaired) electrons. The van der Waals surface area contributed by atoms with Crippen LogP contribution >= 0.6 is 0 Å². The Morgan fingerprint density at radius 2 is 1.41 bits per heavy atom. The van der Waals surface area contributed by atoms with Gasteiger partial charge >= 0.3 is 24.3 Å². The van der Waals surface area contributed by atoms with Crippen molar-refractivity contribution in [1.29, 1.82) is 0 Å². The first-order chi connectivity index (χ1) is 18.1. The molecule has 2 saturated heterocycles. The molecule has 4 rings (SSSR count). The second-order valence-electron chi connectivity index (χ2n) is 8.29. The highest BCUT2D eigenvalue weighted by Crippen LogP contribution is 2.32. The summed E-state index contributed by atoms with van der Waals surface area (Å²) in [5, 5.41) is 14.2. The highest BCUT2D eigenvalue weighted by atomic mass is 19.4. The molecule has 1 amide bonds. The number of likely N-dealkylation sites (tertiary alicyclic amines) is 1. The van der Waals surface area contributed by atoms with Gasteiger partial charge in [-0.1, -0.05) is 0 Å². The van der Waals surface area contributed by atoms with Gasteiger partial charge in [0.15, 0.2) is 0 Å². The van der Waals surface area contributed by atoms with Crippen molar-refractivity contribution in [1.82, 2.24) is 19.9 Å². The maximum atomic E-state index is 12.3. The molecule has 0 aromatic carbocycles. The summed E-state index contributed by atoms with van der Waals surface area (Å²) < 4.78 is 69.5. The predicted molar refractivity (Wildman–Crippen MR) is 119 cm³/mol. The lowest BCUT2D eigenvalue weighted by molar-refractivity contribution is -0.193. The number of morpholine rings is 1. The van der Waals surface area contributed by atoms with E-state index in [1.54, 1.807) is 17.3 Å². The standard InChI is InChI=1S/C18H21N5O2.2C2HF3O2/c24-17-12-25-18(13-23(17)16-9-20-14-21-10-16)3-7-22(8-4-18)11-15-1-5-19-6-2-15;2*3-2(4,5)1(6)7/h1-2,5-6,9-10,14H,3-4,7-8,11-13H2;2*(H,6,7). The van der Waals surface area contributed by atoms with Crippen LogP contribution in [0.4, 0.5) is 32.0 Å². The number of aromatic nitrogens is 3. The first-order valence-electron chi connectivity index (χ1n) is 11.0. The first-order valence-corrected chi connectivity index (χ1v) is 11.0. The Morgan fingerprint density at radius 1 is 0.923 bits per heavy atom. The summed E-state index contributed by atoms with van der Waals surface area (Å²) >= 11 is 0. The number of carbonyl (C=O) groups is 3. The van der Waals surface area contributed by atoms with E-state index in [1.165, 1.54) is 11.9 Å². The molecule has 17 heteroatoms. The fourth-order valence-corrected chi connectivity index (χ4v) is 3.55. The van der Waals surface area contributed by atoms with Gasteiger partial charge in [-0.05, 0) is 30.5 Å². The predicted octanol–water partition coefficient (Wildman–Crippen LogP) is 2.54. The lowest BCUT2D eigenvalue weighted by atomic mass is 9.89. The maximum absolute atomic E-state index is 12.3. The van der Waals surface area contributed by atoms with E-state index in [0.717, 1.165) is 38.2 Å². The van der Waals surface area contributed by atoms with Gasteiger partial charge in [-0.2, -0.15) is 26.3 Å². The Balaban J connectivity index is 0.000000317. The van der Waals surface area contributed by atoms with Crippen LogP contribution in [0.25, 0.3) is 0 Å². The third-order valence-corrected chi connectivity index (χ3v) is 5.52. The van der Waals surface area contributed by atoms with Gasteiger partial charge in [0.25, 0.3) is 5.91 Å². The van der Waals surface area contributed by atoms with E-state index in [-0.39, 0.29) is 18.1 Å². The van der Waals surface area contributed by atoms with Crippen LogP contribution in [0.5, 0.6) is 0 Å². The number of halogens is 6. The van der Waals surface area contributed by atoms with E-state index in [2.05, 4.69) is 32.0 Å². The number of amides is 1. The van der Waals surface area contributed by atoms with Crippen LogP contribution in [0.15, 0.2) is 43.2 Å². The molecule has 2 aromatic heterocycles. The number of aliphatic carboxylic acids is 2. The zero-order valence-corrected chi connectivity index (χ0v) is 20.0. The van der Waals surface area contributed by atoms with E-state index in [4.69, 9.17) is 24.5 Å². The number of nitrogens with zero attached hydrogens (tertiary/aromatic N) is 5. The van der Waals surface area contributed by atoms with Gasteiger partial charge in [0, 0.05) is 32.0 Å². The number of rotatable bonds is 3. The number of hydrogen-bond acceptors (Lipinski definition) is 8. The quantitative estimate of drug-likeness (QED) is 0.531. The highest BCUT2D eigenvalue weighted by molar-refractivity contribution is 5.94. The van der Waals surface area contributed by atoms with Gasteiger partial charge in [-0.15, -0.1) is 0 Å². The molecule has 0 bridgehead atoms. The molecule has 2 aliphatic heterocycles. The smallest absolute Gasteiger partial charge is 0.475 e. The van der Waals surface area contributed by atoms with Crippen LogP contribution in [-0.4, -0.2) is 92.1 Å². The second-order valence-corrected chi connectivity index (χ2v) is 8.29. The lowest BCUT2D eigenvalue weighted by Gasteiger charge is -2.46. The largest absolute Gasteiger partial charge is 0.490 e. The molecule has 11 nitrogen and oxygen atoms in total. The van der Waals surface area contributed by atoms with Crippen molar-refractivity contribution in [2.75, 3.05) is 31.1 Å². The van der Waals surface area contributed by atoms with Crippen LogP contribution in [0, 0.1) is 0 Å². The van der Waals surface area contributed by atoms with E-state index >= 15 is 0 Å². The van der Waals surface area contributed by atoms with Crippen molar-refractivity contribution in [3.63, 3.8) is 0 Å². The van der Waals surface area contributed by atoms with Crippen LogP contribution in [0.3, 0.4) is 0 Å². The van der Waals surface area contributed by atoms with Crippen molar-refractivity contribution < 1.29 is 55.7 Å². The number of carbonyl (C=O) groups excluding carboxylic acids is 1. The topological polar surface area (TPSA) is 146 Å². The molecule has 1 spiro atoms. The molecular weight excluding hydrogens is 544 g/mol. The Bertz CT molecular complexity index is 1070. The molecule has 39 heavy (non-hydrogen) atoms. The number of anilines is 1. The van der Waals surface area contributed by atoms with Gasteiger partial charge in [0.05, 0.1) is 30.2 Å². The fourth-order valence-electron chi connectivity index (χ4n) is 3.55. The molecule has 0 saturated carbocycles. The summed E-state index contributed by atoms with van der Waals surface area (Å²) in [4.78, 5) is 46.4. The summed E-state index contributed by atoms with van der Waals surface area (Å²) in [6, 6.07) is 4.11. The molecule has 214 valence electrons. The molecule has 0 aliphatic carbocycles. The number of piperidine rings is 1. The molecule has 0 atom stereocenters. The third-order valence-electron chi connectivity index (χ3n) is 5.52. The zero-order chi connectivity index (χ0) is 29.3. The number of carboxylic acid groups (broad SMARTS) is 2. The van der Waals surface area contributed by atoms with Gasteiger partial charge in [0.1, 0.15) is 12.9 Å². The summed E-state index contributed by atoms with van der Waals surface area (Å²) in [6.45, 7) is 3.53. The lowest BCUT2D eigenvalue weighted by Crippen LogP contribution is -2.58.